The van der Waals surface area contributed by atoms with E-state index in [4.69, 9.17) is 4.74 Å². The Morgan fingerprint density at radius 2 is 2.00 bits per heavy atom. The molecule has 0 fully saturated rings. The van der Waals surface area contributed by atoms with Crippen molar-refractivity contribution < 1.29 is 9.13 Å². The fraction of sp³-hybridized carbons (Fsp3) is 0.0625. The second kappa shape index (κ2) is 5.66. The highest BCUT2D eigenvalue weighted by atomic mass is 19.1. The first-order valence-corrected chi connectivity index (χ1v) is 6.49. The number of ether oxygens (including phenoxy) is 1. The molecular formula is C16H11FN4O. The molecule has 0 aliphatic carbocycles. The highest BCUT2D eigenvalue weighted by molar-refractivity contribution is 5.67. The molecule has 0 aliphatic rings. The fourth-order valence-corrected chi connectivity index (χ4v) is 2.17. The molecule has 3 rings (SSSR count). The Labute approximate surface area is 126 Å². The Balaban J connectivity index is 2.21. The molecule has 0 aliphatic heterocycles. The molecule has 6 heteroatoms. The molecule has 5 nitrogen and oxygen atoms in total. The van der Waals surface area contributed by atoms with Gasteiger partial charge in [-0.05, 0) is 24.3 Å². The van der Waals surface area contributed by atoms with Crippen molar-refractivity contribution in [3.63, 3.8) is 0 Å². The van der Waals surface area contributed by atoms with E-state index in [1.807, 2.05) is 6.07 Å². The molecule has 0 spiro atoms. The number of aromatic nitrogens is 3. The van der Waals surface area contributed by atoms with Crippen LogP contribution < -0.4 is 4.74 Å². The summed E-state index contributed by atoms with van der Waals surface area (Å²) in [5, 5.41) is 17.1. The Morgan fingerprint density at radius 1 is 1.18 bits per heavy atom. The zero-order chi connectivity index (χ0) is 15.5. The summed E-state index contributed by atoms with van der Waals surface area (Å²) in [6.45, 7) is 0. The van der Waals surface area contributed by atoms with Crippen molar-refractivity contribution in [2.75, 3.05) is 7.11 Å². The third kappa shape index (κ3) is 2.40. The van der Waals surface area contributed by atoms with Crippen molar-refractivity contribution in [2.45, 2.75) is 0 Å². The first kappa shape index (κ1) is 13.8. The molecule has 0 amide bonds. The third-order valence-electron chi connectivity index (χ3n) is 3.17. The lowest BCUT2D eigenvalue weighted by Gasteiger charge is -2.08. The quantitative estimate of drug-likeness (QED) is 0.745. The van der Waals surface area contributed by atoms with Crippen molar-refractivity contribution in [3.05, 3.63) is 60.0 Å². The summed E-state index contributed by atoms with van der Waals surface area (Å²) in [4.78, 5) is 0. The van der Waals surface area contributed by atoms with Gasteiger partial charge in [0.25, 0.3) is 0 Å². The molecule has 2 aromatic carbocycles. The monoisotopic (exact) mass is 294 g/mol. The predicted octanol–water partition coefficient (Wildman–Crippen LogP) is 2.95. The standard InChI is InChI=1S/C16H11FN4O/c1-22-14-7-3-6-13(9-14)21-16(15(10-18)19-20-21)11-4-2-5-12(17)8-11/h2-9H,1H3. The number of hydrogen-bond donors (Lipinski definition) is 0. The molecule has 22 heavy (non-hydrogen) atoms. The summed E-state index contributed by atoms with van der Waals surface area (Å²) in [5.74, 6) is 0.261. The molecule has 0 bridgehead atoms. The average Bonchev–Trinajstić information content (AvgIpc) is 2.99. The number of rotatable bonds is 3. The number of hydrogen-bond acceptors (Lipinski definition) is 4. The first-order valence-electron chi connectivity index (χ1n) is 6.49. The van der Waals surface area contributed by atoms with E-state index < -0.39 is 0 Å². The number of benzene rings is 2. The highest BCUT2D eigenvalue weighted by Gasteiger charge is 2.17. The Morgan fingerprint density at radius 3 is 2.73 bits per heavy atom. The number of methoxy groups -OCH3 is 1. The van der Waals surface area contributed by atoms with Crippen LogP contribution in [0.1, 0.15) is 5.69 Å². The molecular weight excluding hydrogens is 283 g/mol. The van der Waals surface area contributed by atoms with Crippen molar-refractivity contribution >= 4 is 0 Å². The maximum atomic E-state index is 13.5. The summed E-state index contributed by atoms with van der Waals surface area (Å²) in [6.07, 6.45) is 0. The first-order chi connectivity index (χ1) is 10.7. The van der Waals surface area contributed by atoms with Gasteiger partial charge in [0.05, 0.1) is 12.8 Å². The van der Waals surface area contributed by atoms with Gasteiger partial charge in [-0.15, -0.1) is 5.10 Å². The normalized spacial score (nSPS) is 10.2. The maximum Gasteiger partial charge on any atom is 0.191 e. The Hall–Kier alpha value is -3.20. The number of halogens is 1. The zero-order valence-corrected chi connectivity index (χ0v) is 11.7. The minimum absolute atomic E-state index is 0.133. The van der Waals surface area contributed by atoms with Crippen LogP contribution in [0.2, 0.25) is 0 Å². The average molecular weight is 294 g/mol. The van der Waals surface area contributed by atoms with Gasteiger partial charge in [0, 0.05) is 11.6 Å². The Bertz CT molecular complexity index is 867. The van der Waals surface area contributed by atoms with E-state index in [1.165, 1.54) is 16.8 Å². The SMILES string of the molecule is COc1cccc(-n2nnc(C#N)c2-c2cccc(F)c2)c1. The van der Waals surface area contributed by atoms with Crippen molar-refractivity contribution in [1.29, 1.82) is 5.26 Å². The summed E-state index contributed by atoms with van der Waals surface area (Å²) in [6, 6.07) is 15.1. The van der Waals surface area contributed by atoms with E-state index in [-0.39, 0.29) is 11.5 Å². The van der Waals surface area contributed by atoms with Crippen LogP contribution >= 0.6 is 0 Å². The number of nitrogens with zero attached hydrogens (tertiary/aromatic N) is 4. The molecule has 3 aromatic rings. The van der Waals surface area contributed by atoms with Crippen LogP contribution in [-0.2, 0) is 0 Å². The van der Waals surface area contributed by atoms with Crippen molar-refractivity contribution in [3.8, 4) is 28.8 Å². The lowest BCUT2D eigenvalue weighted by atomic mass is 10.1. The minimum Gasteiger partial charge on any atom is -0.497 e. The van der Waals surface area contributed by atoms with Crippen LogP contribution in [0.25, 0.3) is 16.9 Å². The van der Waals surface area contributed by atoms with Gasteiger partial charge in [-0.2, -0.15) is 5.26 Å². The van der Waals surface area contributed by atoms with Gasteiger partial charge in [-0.1, -0.05) is 23.4 Å². The van der Waals surface area contributed by atoms with E-state index in [0.717, 1.165) is 0 Å². The maximum absolute atomic E-state index is 13.5. The van der Waals surface area contributed by atoms with Crippen LogP contribution in [0.4, 0.5) is 4.39 Å². The van der Waals surface area contributed by atoms with E-state index in [1.54, 1.807) is 43.5 Å². The third-order valence-corrected chi connectivity index (χ3v) is 3.17. The van der Waals surface area contributed by atoms with E-state index in [9.17, 15) is 9.65 Å². The lowest BCUT2D eigenvalue weighted by molar-refractivity contribution is 0.414. The van der Waals surface area contributed by atoms with Gasteiger partial charge < -0.3 is 4.74 Å². The lowest BCUT2D eigenvalue weighted by Crippen LogP contribution is -2.00. The van der Waals surface area contributed by atoms with Crippen LogP contribution in [-0.4, -0.2) is 22.1 Å². The van der Waals surface area contributed by atoms with E-state index >= 15 is 0 Å². The molecule has 108 valence electrons. The van der Waals surface area contributed by atoms with Crippen LogP contribution in [0.15, 0.2) is 48.5 Å². The van der Waals surface area contributed by atoms with Crippen molar-refractivity contribution in [2.24, 2.45) is 0 Å². The molecule has 0 radical (unpaired) electrons. The van der Waals surface area contributed by atoms with Gasteiger partial charge in [0.15, 0.2) is 5.69 Å². The second-order valence-corrected chi connectivity index (χ2v) is 4.52. The molecule has 0 N–H and O–H groups in total. The molecule has 0 atom stereocenters. The van der Waals surface area contributed by atoms with Crippen LogP contribution in [0, 0.1) is 17.1 Å². The van der Waals surface area contributed by atoms with E-state index in [2.05, 4.69) is 10.3 Å². The summed E-state index contributed by atoms with van der Waals surface area (Å²) in [5.41, 5.74) is 1.78. The molecule has 0 unspecified atom stereocenters. The summed E-state index contributed by atoms with van der Waals surface area (Å²) in [7, 11) is 1.56. The zero-order valence-electron chi connectivity index (χ0n) is 11.7. The smallest absolute Gasteiger partial charge is 0.191 e. The van der Waals surface area contributed by atoms with Crippen LogP contribution in [0.5, 0.6) is 5.75 Å². The van der Waals surface area contributed by atoms with Gasteiger partial charge >= 0.3 is 0 Å². The van der Waals surface area contributed by atoms with Gasteiger partial charge in [0.1, 0.15) is 23.3 Å². The van der Waals surface area contributed by atoms with Gasteiger partial charge in [0.2, 0.25) is 0 Å². The van der Waals surface area contributed by atoms with E-state index in [0.29, 0.717) is 22.7 Å². The fourth-order valence-electron chi connectivity index (χ4n) is 2.17. The largest absolute Gasteiger partial charge is 0.497 e. The predicted molar refractivity (Wildman–Crippen MR) is 78.0 cm³/mol. The molecule has 1 heterocycles. The summed E-state index contributed by atoms with van der Waals surface area (Å²) < 4.78 is 20.2. The molecule has 1 aromatic heterocycles. The summed E-state index contributed by atoms with van der Waals surface area (Å²) >= 11 is 0. The van der Waals surface area contributed by atoms with Crippen LogP contribution in [0.3, 0.4) is 0 Å². The molecule has 0 saturated heterocycles. The second-order valence-electron chi connectivity index (χ2n) is 4.52. The number of nitriles is 1. The van der Waals surface area contributed by atoms with Gasteiger partial charge in [-0.3, -0.25) is 0 Å². The minimum atomic E-state index is -0.389. The molecule has 0 saturated carbocycles. The van der Waals surface area contributed by atoms with Gasteiger partial charge in [-0.25, -0.2) is 9.07 Å². The highest BCUT2D eigenvalue weighted by Crippen LogP contribution is 2.26. The Kier molecular flexibility index (Phi) is 3.54. The van der Waals surface area contributed by atoms with Crippen molar-refractivity contribution in [1.82, 2.24) is 15.0 Å². The topological polar surface area (TPSA) is 63.7 Å².